The van der Waals surface area contributed by atoms with Gasteiger partial charge in [-0.25, -0.2) is 4.98 Å². The molecule has 134 valence electrons. The maximum absolute atomic E-state index is 12.5. The van der Waals surface area contributed by atoms with Gasteiger partial charge in [0.15, 0.2) is 0 Å². The van der Waals surface area contributed by atoms with E-state index in [1.165, 1.54) is 6.08 Å². The van der Waals surface area contributed by atoms with Crippen molar-refractivity contribution in [1.29, 1.82) is 5.26 Å². The lowest BCUT2D eigenvalue weighted by Crippen LogP contribution is -2.27. The Hall–Kier alpha value is -3.16. The van der Waals surface area contributed by atoms with Gasteiger partial charge in [-0.1, -0.05) is 54.1 Å². The summed E-state index contributed by atoms with van der Waals surface area (Å²) in [5, 5.41) is 13.4. The van der Waals surface area contributed by atoms with Crippen molar-refractivity contribution in [1.82, 2.24) is 10.3 Å². The largest absolute Gasteiger partial charge is 0.345 e. The van der Waals surface area contributed by atoms with E-state index in [4.69, 9.17) is 11.6 Å². The highest BCUT2D eigenvalue weighted by Crippen LogP contribution is 2.24. The van der Waals surface area contributed by atoms with Crippen LogP contribution in [0.4, 0.5) is 0 Å². The number of benzene rings is 2. The van der Waals surface area contributed by atoms with Crippen molar-refractivity contribution in [2.24, 2.45) is 0 Å². The number of pyridine rings is 1. The third kappa shape index (κ3) is 4.33. The van der Waals surface area contributed by atoms with Crippen molar-refractivity contribution < 1.29 is 4.79 Å². The Morgan fingerprint density at radius 1 is 1.22 bits per heavy atom. The summed E-state index contributed by atoms with van der Waals surface area (Å²) >= 11 is 6.27. The highest BCUT2D eigenvalue weighted by molar-refractivity contribution is 6.31. The molecule has 1 amide bonds. The Bertz CT molecular complexity index is 1070. The van der Waals surface area contributed by atoms with Crippen LogP contribution in [0.2, 0.25) is 5.15 Å². The summed E-state index contributed by atoms with van der Waals surface area (Å²) in [6, 6.07) is 19.0. The van der Waals surface area contributed by atoms with Crippen LogP contribution < -0.4 is 5.32 Å². The molecule has 2 aromatic carbocycles. The molecule has 5 heteroatoms. The maximum atomic E-state index is 12.5. The van der Waals surface area contributed by atoms with E-state index in [1.54, 1.807) is 0 Å². The molecule has 0 unspecified atom stereocenters. The quantitative estimate of drug-likeness (QED) is 0.397. The zero-order valence-electron chi connectivity index (χ0n) is 15.0. The van der Waals surface area contributed by atoms with E-state index in [0.29, 0.717) is 5.56 Å². The second-order valence-corrected chi connectivity index (χ2v) is 6.70. The highest BCUT2D eigenvalue weighted by Gasteiger charge is 2.15. The smallest absolute Gasteiger partial charge is 0.262 e. The minimum absolute atomic E-state index is 0.0204. The van der Waals surface area contributed by atoms with Gasteiger partial charge in [-0.3, -0.25) is 4.79 Å². The topological polar surface area (TPSA) is 65.8 Å². The average molecular weight is 376 g/mol. The van der Waals surface area contributed by atoms with E-state index >= 15 is 0 Å². The fraction of sp³-hybridized carbons (Fsp3) is 0.136. The van der Waals surface area contributed by atoms with Crippen LogP contribution in [0.3, 0.4) is 0 Å². The predicted molar refractivity (Wildman–Crippen MR) is 108 cm³/mol. The monoisotopic (exact) mass is 375 g/mol. The number of halogens is 1. The third-order valence-corrected chi connectivity index (χ3v) is 4.57. The Kier molecular flexibility index (Phi) is 5.54. The average Bonchev–Trinajstić information content (AvgIpc) is 2.66. The molecule has 0 saturated heterocycles. The molecule has 0 bridgehead atoms. The molecule has 1 heterocycles. The number of hydrogen-bond donors (Lipinski definition) is 1. The highest BCUT2D eigenvalue weighted by atomic mass is 35.5. The van der Waals surface area contributed by atoms with E-state index in [-0.39, 0.29) is 16.8 Å². The summed E-state index contributed by atoms with van der Waals surface area (Å²) in [6.45, 7) is 3.85. The van der Waals surface area contributed by atoms with Crippen molar-refractivity contribution in [2.75, 3.05) is 0 Å². The molecule has 0 saturated carbocycles. The van der Waals surface area contributed by atoms with Crippen LogP contribution in [0.15, 0.2) is 60.2 Å². The Morgan fingerprint density at radius 3 is 2.67 bits per heavy atom. The van der Waals surface area contributed by atoms with E-state index in [0.717, 1.165) is 22.0 Å². The Labute approximate surface area is 163 Å². The summed E-state index contributed by atoms with van der Waals surface area (Å²) < 4.78 is 0. The lowest BCUT2D eigenvalue weighted by molar-refractivity contribution is -0.117. The second kappa shape index (κ2) is 8.03. The first-order valence-electron chi connectivity index (χ1n) is 8.52. The SMILES string of the molecule is Cc1ccc2cc(/C=C(\C#N)C(=O)N[C@H](C)c3ccccc3)c(Cl)nc2c1. The van der Waals surface area contributed by atoms with Crippen LogP contribution in [0.25, 0.3) is 17.0 Å². The first kappa shape index (κ1) is 18.6. The van der Waals surface area contributed by atoms with Gasteiger partial charge in [0.1, 0.15) is 16.8 Å². The van der Waals surface area contributed by atoms with Crippen molar-refractivity contribution in [3.63, 3.8) is 0 Å². The molecule has 3 aromatic rings. The number of rotatable bonds is 4. The van der Waals surface area contributed by atoms with Crippen LogP contribution >= 0.6 is 11.6 Å². The van der Waals surface area contributed by atoms with Gasteiger partial charge in [-0.2, -0.15) is 5.26 Å². The molecule has 1 aromatic heterocycles. The molecule has 0 radical (unpaired) electrons. The normalized spacial score (nSPS) is 12.4. The molecule has 0 spiro atoms. The fourth-order valence-electron chi connectivity index (χ4n) is 2.77. The maximum Gasteiger partial charge on any atom is 0.262 e. The van der Waals surface area contributed by atoms with Gasteiger partial charge in [0.25, 0.3) is 5.91 Å². The van der Waals surface area contributed by atoms with E-state index in [1.807, 2.05) is 74.5 Å². The number of hydrogen-bond acceptors (Lipinski definition) is 3. The molecule has 0 aliphatic carbocycles. The molecule has 0 fully saturated rings. The number of nitrogens with one attached hydrogen (secondary N) is 1. The summed E-state index contributed by atoms with van der Waals surface area (Å²) in [7, 11) is 0. The number of carbonyl (C=O) groups excluding carboxylic acids is 1. The van der Waals surface area contributed by atoms with Gasteiger partial charge in [-0.05, 0) is 43.2 Å². The van der Waals surface area contributed by atoms with E-state index < -0.39 is 5.91 Å². The molecular formula is C22H18ClN3O. The number of amides is 1. The van der Waals surface area contributed by atoms with Crippen LogP contribution in [-0.4, -0.2) is 10.9 Å². The number of nitriles is 1. The van der Waals surface area contributed by atoms with Gasteiger partial charge >= 0.3 is 0 Å². The van der Waals surface area contributed by atoms with Crippen molar-refractivity contribution in [3.8, 4) is 6.07 Å². The van der Waals surface area contributed by atoms with Crippen molar-refractivity contribution in [2.45, 2.75) is 19.9 Å². The van der Waals surface area contributed by atoms with Crippen LogP contribution in [0.5, 0.6) is 0 Å². The summed E-state index contributed by atoms with van der Waals surface area (Å²) in [4.78, 5) is 16.9. The van der Waals surface area contributed by atoms with Gasteiger partial charge in [0.2, 0.25) is 0 Å². The van der Waals surface area contributed by atoms with Crippen molar-refractivity contribution >= 4 is 34.5 Å². The van der Waals surface area contributed by atoms with Crippen molar-refractivity contribution in [3.05, 3.63) is 82.0 Å². The molecule has 27 heavy (non-hydrogen) atoms. The van der Waals surface area contributed by atoms with Gasteiger partial charge in [0.05, 0.1) is 11.6 Å². The van der Waals surface area contributed by atoms with E-state index in [2.05, 4.69) is 10.3 Å². The lowest BCUT2D eigenvalue weighted by atomic mass is 10.1. The minimum Gasteiger partial charge on any atom is -0.345 e. The standard InChI is InChI=1S/C22H18ClN3O/c1-14-8-9-17-11-18(21(23)26-20(17)10-14)12-19(13-24)22(27)25-15(2)16-6-4-3-5-7-16/h3-12,15H,1-2H3,(H,25,27)/b19-12+/t15-/m1/s1. The van der Waals surface area contributed by atoms with Gasteiger partial charge in [-0.15, -0.1) is 0 Å². The molecule has 4 nitrogen and oxygen atoms in total. The molecule has 3 rings (SSSR count). The number of aromatic nitrogens is 1. The first-order chi connectivity index (χ1) is 13.0. The zero-order valence-corrected chi connectivity index (χ0v) is 15.8. The summed E-state index contributed by atoms with van der Waals surface area (Å²) in [5.41, 5.74) is 3.34. The molecule has 1 N–H and O–H groups in total. The summed E-state index contributed by atoms with van der Waals surface area (Å²) in [6.07, 6.45) is 1.47. The lowest BCUT2D eigenvalue weighted by Gasteiger charge is -2.13. The fourth-order valence-corrected chi connectivity index (χ4v) is 2.97. The van der Waals surface area contributed by atoms with Crippen LogP contribution in [0, 0.1) is 18.3 Å². The third-order valence-electron chi connectivity index (χ3n) is 4.27. The molecular weight excluding hydrogens is 358 g/mol. The molecule has 0 aliphatic heterocycles. The van der Waals surface area contributed by atoms with Gasteiger partial charge in [0, 0.05) is 10.9 Å². The minimum atomic E-state index is -0.450. The first-order valence-corrected chi connectivity index (χ1v) is 8.90. The predicted octanol–water partition coefficient (Wildman–Crippen LogP) is 4.98. The summed E-state index contributed by atoms with van der Waals surface area (Å²) in [5.74, 6) is -0.450. The van der Waals surface area contributed by atoms with Crippen LogP contribution in [-0.2, 0) is 4.79 Å². The number of fused-ring (bicyclic) bond motifs is 1. The van der Waals surface area contributed by atoms with Crippen LogP contribution in [0.1, 0.15) is 29.7 Å². The number of aryl methyl sites for hydroxylation is 1. The zero-order chi connectivity index (χ0) is 19.4. The molecule has 0 aliphatic rings. The Balaban J connectivity index is 1.88. The van der Waals surface area contributed by atoms with E-state index in [9.17, 15) is 10.1 Å². The number of carbonyl (C=O) groups is 1. The van der Waals surface area contributed by atoms with Gasteiger partial charge < -0.3 is 5.32 Å². The Morgan fingerprint density at radius 2 is 1.96 bits per heavy atom. The molecule has 1 atom stereocenters. The number of nitrogens with zero attached hydrogens (tertiary/aromatic N) is 2. The second-order valence-electron chi connectivity index (χ2n) is 6.34.